The predicted octanol–water partition coefficient (Wildman–Crippen LogP) is 3.20. The Morgan fingerprint density at radius 3 is 2.38 bits per heavy atom. The van der Waals surface area contributed by atoms with Gasteiger partial charge in [0.25, 0.3) is 11.6 Å². The highest BCUT2D eigenvalue weighted by atomic mass is 16.6. The summed E-state index contributed by atoms with van der Waals surface area (Å²) in [5.74, 6) is -0.621. The summed E-state index contributed by atoms with van der Waals surface area (Å²) in [5, 5.41) is 23.7. The third kappa shape index (κ3) is 5.97. The van der Waals surface area contributed by atoms with Crippen molar-refractivity contribution >= 4 is 23.6 Å². The Hall–Kier alpha value is -4.61. The number of nitrogens with zero attached hydrogens (tertiary/aromatic N) is 3. The van der Waals surface area contributed by atoms with E-state index in [4.69, 9.17) is 9.47 Å². The number of amides is 3. The summed E-state index contributed by atoms with van der Waals surface area (Å²) < 4.78 is 10.4. The number of urea groups is 1. The van der Waals surface area contributed by atoms with Crippen LogP contribution in [0.5, 0.6) is 11.5 Å². The maximum Gasteiger partial charge on any atom is 0.335 e. The number of carboxylic acids is 1. The number of nitrogens with one attached hydrogen (secondary N) is 1. The Balaban J connectivity index is 1.82. The lowest BCUT2D eigenvalue weighted by atomic mass is 9.93. The zero-order valence-electron chi connectivity index (χ0n) is 20.9. The molecule has 37 heavy (non-hydrogen) atoms. The van der Waals surface area contributed by atoms with E-state index >= 15 is 0 Å². The minimum absolute atomic E-state index is 0.0856. The van der Waals surface area contributed by atoms with Gasteiger partial charge in [0.15, 0.2) is 0 Å². The number of nitro groups is 1. The number of methoxy groups -OCH3 is 2. The van der Waals surface area contributed by atoms with E-state index in [9.17, 15) is 29.6 Å². The van der Waals surface area contributed by atoms with Gasteiger partial charge < -0.3 is 29.7 Å². The van der Waals surface area contributed by atoms with Gasteiger partial charge in [-0.3, -0.25) is 14.9 Å². The molecular formula is C25H28N4O8. The third-order valence-corrected chi connectivity index (χ3v) is 6.01. The first-order valence-corrected chi connectivity index (χ1v) is 11.3. The van der Waals surface area contributed by atoms with E-state index in [-0.39, 0.29) is 36.0 Å². The molecule has 12 heteroatoms. The van der Waals surface area contributed by atoms with Gasteiger partial charge in [0.05, 0.1) is 30.8 Å². The Bertz CT molecular complexity index is 1240. The van der Waals surface area contributed by atoms with Crippen molar-refractivity contribution in [2.75, 3.05) is 34.4 Å². The van der Waals surface area contributed by atoms with Crippen LogP contribution < -0.4 is 14.8 Å². The second-order valence-corrected chi connectivity index (χ2v) is 8.40. The number of benzene rings is 2. The number of non-ortho nitro benzene ring substituents is 1. The summed E-state index contributed by atoms with van der Waals surface area (Å²) in [7, 11) is 4.57. The average molecular weight is 513 g/mol. The van der Waals surface area contributed by atoms with Crippen LogP contribution in [-0.2, 0) is 4.79 Å². The lowest BCUT2D eigenvalue weighted by Crippen LogP contribution is -2.49. The number of hydrogen-bond donors (Lipinski definition) is 2. The number of allylic oxidation sites excluding steroid dienone is 1. The predicted molar refractivity (Wildman–Crippen MR) is 133 cm³/mol. The standard InChI is InChI=1S/C25H28N4O8/c1-15-21(24(31)32)22(16-7-5-8-18(11-16)29(34)35)28(25(33)26-15)10-6-9-27(2)23(30)17-12-19(36-3)14-20(13-17)37-4/h5,7-8,11-14,22H,6,9-10H2,1-4H3,(H,26,33)(H,31,32). The van der Waals surface area contributed by atoms with Crippen molar-refractivity contribution in [3.8, 4) is 11.5 Å². The van der Waals surface area contributed by atoms with Crippen molar-refractivity contribution in [3.63, 3.8) is 0 Å². The Labute approximate surface area is 213 Å². The summed E-state index contributed by atoms with van der Waals surface area (Å²) >= 11 is 0. The number of ether oxygens (including phenoxy) is 2. The summed E-state index contributed by atoms with van der Waals surface area (Å²) in [6.45, 7) is 1.80. The van der Waals surface area contributed by atoms with Crippen LogP contribution in [0.25, 0.3) is 0 Å². The van der Waals surface area contributed by atoms with Crippen molar-refractivity contribution in [3.05, 3.63) is 75.0 Å². The molecule has 1 aliphatic heterocycles. The second-order valence-electron chi connectivity index (χ2n) is 8.40. The SMILES string of the molecule is COc1cc(OC)cc(C(=O)N(C)CCCN2C(=O)NC(C)=C(C(=O)O)C2c2cccc([N+](=O)[O-])c2)c1. The lowest BCUT2D eigenvalue weighted by molar-refractivity contribution is -0.384. The fraction of sp³-hybridized carbons (Fsp3) is 0.320. The van der Waals surface area contributed by atoms with Crippen molar-refractivity contribution in [2.45, 2.75) is 19.4 Å². The highest BCUT2D eigenvalue weighted by Crippen LogP contribution is 2.35. The second kappa shape index (κ2) is 11.4. The number of carbonyl (C=O) groups excluding carboxylic acids is 2. The van der Waals surface area contributed by atoms with Crippen molar-refractivity contribution < 1.29 is 33.9 Å². The number of rotatable bonds is 10. The molecule has 0 fully saturated rings. The van der Waals surface area contributed by atoms with E-state index in [2.05, 4.69) is 5.32 Å². The monoisotopic (exact) mass is 512 g/mol. The van der Waals surface area contributed by atoms with Gasteiger partial charge in [-0.25, -0.2) is 9.59 Å². The number of hydrogen-bond acceptors (Lipinski definition) is 7. The molecule has 0 radical (unpaired) electrons. The largest absolute Gasteiger partial charge is 0.497 e. The molecule has 2 aromatic carbocycles. The number of carbonyl (C=O) groups is 3. The molecule has 0 bridgehead atoms. The number of carboxylic acid groups (broad SMARTS) is 1. The van der Waals surface area contributed by atoms with Crippen molar-refractivity contribution in [1.82, 2.24) is 15.1 Å². The van der Waals surface area contributed by atoms with Gasteiger partial charge in [-0.2, -0.15) is 0 Å². The number of aliphatic carboxylic acids is 1. The topological polar surface area (TPSA) is 152 Å². The molecule has 2 aromatic rings. The zero-order valence-corrected chi connectivity index (χ0v) is 20.9. The van der Waals surface area contributed by atoms with Gasteiger partial charge >= 0.3 is 12.0 Å². The molecule has 3 amide bonds. The molecule has 1 atom stereocenters. The van der Waals surface area contributed by atoms with Crippen LogP contribution >= 0.6 is 0 Å². The van der Waals surface area contributed by atoms with Gasteiger partial charge in [-0.1, -0.05) is 12.1 Å². The molecule has 0 spiro atoms. The maximum absolute atomic E-state index is 13.0. The molecular weight excluding hydrogens is 484 g/mol. The van der Waals surface area contributed by atoms with Crippen LogP contribution in [0.15, 0.2) is 53.7 Å². The van der Waals surface area contributed by atoms with Crippen LogP contribution in [0.2, 0.25) is 0 Å². The maximum atomic E-state index is 13.0. The fourth-order valence-electron chi connectivity index (χ4n) is 4.17. The van der Waals surface area contributed by atoms with Gasteiger partial charge in [0.1, 0.15) is 11.5 Å². The highest BCUT2D eigenvalue weighted by Gasteiger charge is 2.38. The Morgan fingerprint density at radius 2 is 1.81 bits per heavy atom. The van der Waals surface area contributed by atoms with Crippen LogP contribution in [0.3, 0.4) is 0 Å². The van der Waals surface area contributed by atoms with E-state index in [1.165, 1.54) is 49.1 Å². The first kappa shape index (κ1) is 27.0. The van der Waals surface area contributed by atoms with Crippen LogP contribution in [0, 0.1) is 10.1 Å². The van der Waals surface area contributed by atoms with Gasteiger partial charge in [-0.15, -0.1) is 0 Å². The molecule has 12 nitrogen and oxygen atoms in total. The molecule has 0 aromatic heterocycles. The lowest BCUT2D eigenvalue weighted by Gasteiger charge is -2.37. The van der Waals surface area contributed by atoms with Crippen LogP contribution in [0.1, 0.15) is 35.3 Å². The van der Waals surface area contributed by atoms with E-state index in [0.29, 0.717) is 29.0 Å². The first-order chi connectivity index (χ1) is 17.6. The van der Waals surface area contributed by atoms with Crippen molar-refractivity contribution in [1.29, 1.82) is 0 Å². The van der Waals surface area contributed by atoms with Gasteiger partial charge in [-0.05, 0) is 31.0 Å². The summed E-state index contributed by atoms with van der Waals surface area (Å²) in [6.07, 6.45) is 0.314. The molecule has 1 unspecified atom stereocenters. The molecule has 0 aliphatic carbocycles. The van der Waals surface area contributed by atoms with Crippen molar-refractivity contribution in [2.24, 2.45) is 0 Å². The molecule has 196 valence electrons. The van der Waals surface area contributed by atoms with E-state index in [0.717, 1.165) is 0 Å². The molecule has 3 rings (SSSR count). The molecule has 0 saturated carbocycles. The van der Waals surface area contributed by atoms with Gasteiger partial charge in [0, 0.05) is 49.6 Å². The normalized spacial score (nSPS) is 15.2. The molecule has 1 heterocycles. The van der Waals surface area contributed by atoms with E-state index < -0.39 is 23.0 Å². The van der Waals surface area contributed by atoms with Crippen LogP contribution in [-0.4, -0.2) is 72.1 Å². The van der Waals surface area contributed by atoms with Crippen LogP contribution in [0.4, 0.5) is 10.5 Å². The average Bonchev–Trinajstić information content (AvgIpc) is 2.88. The van der Waals surface area contributed by atoms with Gasteiger partial charge in [0.2, 0.25) is 0 Å². The smallest absolute Gasteiger partial charge is 0.335 e. The minimum atomic E-state index is -1.25. The quantitative estimate of drug-likeness (QED) is 0.364. The molecule has 0 saturated heterocycles. The first-order valence-electron chi connectivity index (χ1n) is 11.3. The number of nitro benzene ring substituents is 1. The fourth-order valence-corrected chi connectivity index (χ4v) is 4.17. The highest BCUT2D eigenvalue weighted by molar-refractivity contribution is 5.95. The summed E-state index contributed by atoms with van der Waals surface area (Å²) in [6, 6.07) is 8.79. The minimum Gasteiger partial charge on any atom is -0.497 e. The molecule has 2 N–H and O–H groups in total. The van der Waals surface area contributed by atoms with E-state index in [1.54, 1.807) is 31.3 Å². The van der Waals surface area contributed by atoms with E-state index in [1.807, 2.05) is 0 Å². The summed E-state index contributed by atoms with van der Waals surface area (Å²) in [4.78, 5) is 51.5. The Kier molecular flexibility index (Phi) is 8.33. The zero-order chi connectivity index (χ0) is 27.3. The molecule has 1 aliphatic rings. The summed E-state index contributed by atoms with van der Waals surface area (Å²) in [5.41, 5.74) is 0.506. The third-order valence-electron chi connectivity index (χ3n) is 6.01. The Morgan fingerprint density at radius 1 is 1.16 bits per heavy atom.